The molecule has 0 N–H and O–H groups in total. The van der Waals surface area contributed by atoms with E-state index in [1.807, 2.05) is 92.2 Å². The molecule has 5 aliphatic heterocycles. The lowest BCUT2D eigenvalue weighted by Crippen LogP contribution is -2.72. The Balaban J connectivity index is 0.000000131. The minimum absolute atomic E-state index is 0.529. The molecule has 5 aliphatic rings. The molecule has 3 aromatic carbocycles. The number of aryl methyl sites for hydroxylation is 13. The van der Waals surface area contributed by atoms with Crippen molar-refractivity contribution >= 4 is 183 Å². The van der Waals surface area contributed by atoms with Crippen LogP contribution in [0.1, 0.15) is 253 Å². The van der Waals surface area contributed by atoms with Gasteiger partial charge in [-0.05, 0) is 248 Å². The van der Waals surface area contributed by atoms with Gasteiger partial charge < -0.3 is 28.4 Å². The molecule has 0 saturated heterocycles. The third-order valence-electron chi connectivity index (χ3n) is 26.1. The minimum atomic E-state index is -2.16. The first-order valence-corrected chi connectivity index (χ1v) is 64.6. The normalized spacial score (nSPS) is 13.3. The van der Waals surface area contributed by atoms with Crippen molar-refractivity contribution in [2.45, 2.75) is 277 Å². The SMILES string of the molecule is CC#Cc1ccc(-c2ccc(C)s2)s1.CC#Cc1sc(-c2sc(-c3sc(C)cc3CCCCCC)cc2CCCCCC)cc1CCCCCC.CCCCCC[Si]1(CCCCCC)c2cc(C)sc2-c2sc(C)cc21.Cc1cc2c(s1)-c1sc(C)cc1[Si]2(c1ccccc1)c1ccccc1.Cc1ccc(C)cc1.Cc1sc(-c2sc(-c3sc(C)c4c3OCCO4)c3c2OCCO3)c2c1OCCO2. The average molecular weight is 2090 g/mol. The molecule has 726 valence electrons. The van der Waals surface area contributed by atoms with Gasteiger partial charge in [-0.2, -0.15) is 0 Å². The number of thiophene rings is 12. The summed E-state index contributed by atoms with van der Waals surface area (Å²) in [6.07, 6.45) is 30.6. The van der Waals surface area contributed by atoms with Crippen LogP contribution in [0.15, 0.2) is 152 Å². The highest BCUT2D eigenvalue weighted by atomic mass is 32.1. The number of hydrogen-bond acceptors (Lipinski definition) is 18. The van der Waals surface area contributed by atoms with Gasteiger partial charge in [-0.25, -0.2) is 0 Å². The summed E-state index contributed by atoms with van der Waals surface area (Å²) in [6.45, 7) is 40.6. The van der Waals surface area contributed by atoms with E-state index in [9.17, 15) is 0 Å². The number of ether oxygens (including phenoxy) is 6. The highest BCUT2D eigenvalue weighted by molar-refractivity contribution is 7.34. The number of rotatable bonds is 32. The second kappa shape index (κ2) is 50.6. The second-order valence-electron chi connectivity index (χ2n) is 36.9. The van der Waals surface area contributed by atoms with Crippen LogP contribution in [0.4, 0.5) is 0 Å². The van der Waals surface area contributed by atoms with E-state index in [-0.39, 0.29) is 0 Å². The maximum absolute atomic E-state index is 6.09. The van der Waals surface area contributed by atoms with Crippen LogP contribution in [0, 0.1) is 92.9 Å². The van der Waals surface area contributed by atoms with Gasteiger partial charge in [0.15, 0.2) is 42.6 Å². The van der Waals surface area contributed by atoms with E-state index in [0.717, 1.165) is 75.1 Å². The third-order valence-corrected chi connectivity index (χ3v) is 51.0. The van der Waals surface area contributed by atoms with Crippen molar-refractivity contribution in [2.75, 3.05) is 39.6 Å². The highest BCUT2D eigenvalue weighted by Gasteiger charge is 2.51. The van der Waals surface area contributed by atoms with Gasteiger partial charge in [0.1, 0.15) is 47.7 Å². The Kier molecular flexibility index (Phi) is 38.4. The molecule has 0 unspecified atom stereocenters. The van der Waals surface area contributed by atoms with Gasteiger partial charge in [0.2, 0.25) is 0 Å². The first-order chi connectivity index (χ1) is 67.2. The summed E-state index contributed by atoms with van der Waals surface area (Å²) in [5, 5.41) is 9.82. The summed E-state index contributed by atoms with van der Waals surface area (Å²) < 4.78 is 35.9. The van der Waals surface area contributed by atoms with Gasteiger partial charge in [-0.1, -0.05) is 252 Å². The zero-order valence-corrected chi connectivity index (χ0v) is 96.0. The summed E-state index contributed by atoms with van der Waals surface area (Å²) in [4.78, 5) is 32.5. The summed E-state index contributed by atoms with van der Waals surface area (Å²) in [5.74, 6) is 17.5. The molecule has 0 amide bonds. The van der Waals surface area contributed by atoms with E-state index in [0.29, 0.717) is 39.6 Å². The minimum Gasteiger partial charge on any atom is -0.485 e. The van der Waals surface area contributed by atoms with E-state index in [1.54, 1.807) is 76.6 Å². The molecule has 0 aliphatic carbocycles. The molecule has 0 radical (unpaired) electrons. The summed E-state index contributed by atoms with van der Waals surface area (Å²) >= 11 is 22.7. The molecule has 6 nitrogen and oxygen atoms in total. The van der Waals surface area contributed by atoms with Crippen molar-refractivity contribution in [3.05, 3.63) is 228 Å². The summed E-state index contributed by atoms with van der Waals surface area (Å²) in [6, 6.07) is 60.1. The fourth-order valence-electron chi connectivity index (χ4n) is 19.5. The maximum atomic E-state index is 6.09. The van der Waals surface area contributed by atoms with Crippen molar-refractivity contribution in [3.63, 3.8) is 0 Å². The monoisotopic (exact) mass is 2090 g/mol. The fraction of sp³-hybridized carbons (Fsp3) is 0.407. The van der Waals surface area contributed by atoms with Crippen molar-refractivity contribution in [1.82, 2.24) is 0 Å². The topological polar surface area (TPSA) is 55.4 Å². The molecular weight excluding hydrogens is 1950 g/mol. The predicted octanol–water partition coefficient (Wildman–Crippen LogP) is 34.8. The molecule has 0 saturated carbocycles. The number of unbranched alkanes of at least 4 members (excludes halogenated alkanes) is 15. The van der Waals surface area contributed by atoms with E-state index in [1.165, 1.54) is 254 Å². The molecule has 12 aromatic heterocycles. The Labute approximate surface area is 874 Å². The quantitative estimate of drug-likeness (QED) is 0.0238. The molecule has 138 heavy (non-hydrogen) atoms. The van der Waals surface area contributed by atoms with Crippen LogP contribution >= 0.6 is 136 Å². The van der Waals surface area contributed by atoms with Crippen LogP contribution in [0.2, 0.25) is 12.1 Å². The Hall–Kier alpha value is -7.59. The van der Waals surface area contributed by atoms with Gasteiger partial charge in [0.25, 0.3) is 0 Å². The molecule has 0 bridgehead atoms. The standard InChI is InChI=1S/C34H48S3.C22H18S2Si.C22H34S2Si.C20H18O6S3.C12H10S2.C8H10/c1-6-10-13-16-20-27-24-31(36-30(27)19-9-4)34-29(22-18-15-12-8-3)25-32(37-34)33-28(23-26(5)35-33)21-17-14-11-7-2;1-15-13-19-21(23-15)22-20(14-16(2)24-22)25(19,17-9-5-3-6-10-17)18-11-7-4-8-12-18;1-5-7-9-11-13-25(14-12-10-8-6-2)19-15-17(3)23-21(19)22-20(25)16-18(4)24-22;1-9-11-13(23-5-3-21-11)17(27-9)19-15-16(26-8-7-25-15)20(29-19)18-14-12(10(2)28-18)22-4-6-24-14;1-3-4-10-6-8-12(14-10)11-7-5-9(2)13-11;1-7-3-5-8(2)6-4-7/h23-25H,6-8,10-18,20-22H2,1-5H3;3-14H,1-2H3;15-16H,5-14H2,1-4H3;3-8H2,1-2H3;5-8H,1-2H3;3-6H,1-2H3. The molecule has 20 heteroatoms. The number of hydrogen-bond donors (Lipinski definition) is 0. The predicted molar refractivity (Wildman–Crippen MR) is 620 cm³/mol. The van der Waals surface area contributed by atoms with Crippen molar-refractivity contribution < 1.29 is 28.4 Å². The Bertz CT molecular complexity index is 6350. The van der Waals surface area contributed by atoms with Crippen molar-refractivity contribution in [2.24, 2.45) is 0 Å². The van der Waals surface area contributed by atoms with Crippen LogP contribution in [-0.2, 0) is 19.3 Å². The second-order valence-corrected chi connectivity index (χ2v) is 59.1. The molecule has 15 aromatic rings. The van der Waals surface area contributed by atoms with Crippen molar-refractivity contribution in [1.29, 1.82) is 0 Å². The van der Waals surface area contributed by atoms with E-state index in [4.69, 9.17) is 28.4 Å². The lowest BCUT2D eigenvalue weighted by atomic mass is 10.0. The molecule has 0 atom stereocenters. The third kappa shape index (κ3) is 24.5. The summed E-state index contributed by atoms with van der Waals surface area (Å²) in [7, 11) is -3.67. The lowest BCUT2D eigenvalue weighted by molar-refractivity contribution is 0.170. The van der Waals surface area contributed by atoms with Gasteiger partial charge in [0.05, 0.1) is 29.3 Å². The van der Waals surface area contributed by atoms with Crippen molar-refractivity contribution in [3.8, 4) is 126 Å². The Morgan fingerprint density at radius 1 is 0.268 bits per heavy atom. The highest BCUT2D eigenvalue weighted by Crippen LogP contribution is 2.63. The van der Waals surface area contributed by atoms with E-state index < -0.39 is 16.1 Å². The van der Waals surface area contributed by atoms with Gasteiger partial charge in [0, 0.05) is 87.8 Å². The smallest absolute Gasteiger partial charge is 0.182 e. The van der Waals surface area contributed by atoms with Crippen LogP contribution in [0.25, 0.3) is 68.3 Å². The fourth-order valence-corrected chi connectivity index (χ4v) is 46.5. The van der Waals surface area contributed by atoms with E-state index in [2.05, 4.69) is 302 Å². The first kappa shape index (κ1) is 105. The Morgan fingerprint density at radius 2 is 0.623 bits per heavy atom. The van der Waals surface area contributed by atoms with Crippen LogP contribution in [0.5, 0.6) is 34.5 Å². The van der Waals surface area contributed by atoms with E-state index >= 15 is 0 Å². The van der Waals surface area contributed by atoms with Gasteiger partial charge in [-0.3, -0.25) is 0 Å². The van der Waals surface area contributed by atoms with Crippen LogP contribution in [-0.4, -0.2) is 55.8 Å². The number of fused-ring (bicyclic) bond motifs is 9. The zero-order valence-electron chi connectivity index (χ0n) is 84.2. The lowest BCUT2D eigenvalue weighted by Gasteiger charge is -2.29. The van der Waals surface area contributed by atoms with Gasteiger partial charge >= 0.3 is 0 Å². The first-order valence-electron chi connectivity index (χ1n) is 50.4. The molecule has 20 rings (SSSR count). The Morgan fingerprint density at radius 3 is 1.06 bits per heavy atom. The molecule has 0 spiro atoms. The summed E-state index contributed by atoms with van der Waals surface area (Å²) in [5.41, 5.74) is 7.27. The molecule has 0 fully saturated rings. The maximum Gasteiger partial charge on any atom is 0.182 e. The average Bonchev–Trinajstić information content (AvgIpc) is 1.54. The van der Waals surface area contributed by atoms with Crippen LogP contribution in [0.3, 0.4) is 0 Å². The van der Waals surface area contributed by atoms with Crippen LogP contribution < -0.4 is 59.5 Å². The molecule has 17 heterocycles. The number of benzene rings is 3. The zero-order chi connectivity index (χ0) is 96.8. The van der Waals surface area contributed by atoms with Gasteiger partial charge in [-0.15, -0.1) is 148 Å². The largest absolute Gasteiger partial charge is 0.485 e. The molecular formula is C118H138O6S12Si2.